The Balaban J connectivity index is 0.000000213. The highest BCUT2D eigenvalue weighted by atomic mass is 32.2. The van der Waals surface area contributed by atoms with Gasteiger partial charge in [-0.1, -0.05) is 5.21 Å². The van der Waals surface area contributed by atoms with Gasteiger partial charge in [-0.25, -0.2) is 20.2 Å². The van der Waals surface area contributed by atoms with Crippen LogP contribution in [0.25, 0.3) is 0 Å². The summed E-state index contributed by atoms with van der Waals surface area (Å²) in [6, 6.07) is 1.78. The largest absolute Gasteiger partial charge is 0.271 e. The van der Waals surface area contributed by atoms with Crippen molar-refractivity contribution in [2.75, 3.05) is 0 Å². The van der Waals surface area contributed by atoms with Crippen molar-refractivity contribution in [2.24, 2.45) is 10.3 Å². The summed E-state index contributed by atoms with van der Waals surface area (Å²) < 4.78 is 18.4. The van der Waals surface area contributed by atoms with Gasteiger partial charge in [0.1, 0.15) is 6.33 Å². The van der Waals surface area contributed by atoms with Gasteiger partial charge in [-0.3, -0.25) is 5.10 Å². The van der Waals surface area contributed by atoms with Crippen LogP contribution in [0.2, 0.25) is 0 Å². The van der Waals surface area contributed by atoms with Gasteiger partial charge in [0.2, 0.25) is 0 Å². The van der Waals surface area contributed by atoms with Crippen molar-refractivity contribution in [2.45, 2.75) is 0 Å². The van der Waals surface area contributed by atoms with E-state index < -0.39 is 10.2 Å². The van der Waals surface area contributed by atoms with E-state index in [0.717, 1.165) is 0 Å². The number of H-pyrrole nitrogens is 1. The van der Waals surface area contributed by atoms with E-state index in [1.54, 1.807) is 30.9 Å². The number of aromatic amines is 1. The van der Waals surface area contributed by atoms with Crippen LogP contribution in [0.5, 0.6) is 0 Å². The topological polar surface area (TPSA) is 154 Å². The smallest absolute Gasteiger partial charge is 0.266 e. The van der Waals surface area contributed by atoms with Crippen LogP contribution in [0.3, 0.4) is 0 Å². The summed E-state index contributed by atoms with van der Waals surface area (Å²) >= 11 is 0. The highest BCUT2D eigenvalue weighted by molar-refractivity contribution is 7.86. The van der Waals surface area contributed by atoms with E-state index >= 15 is 0 Å². The third-order valence-electron chi connectivity index (χ3n) is 0.809. The molecule has 2 heterocycles. The first-order chi connectivity index (χ1) is 7.50. The van der Waals surface area contributed by atoms with Gasteiger partial charge >= 0.3 is 0 Å². The second-order valence-corrected chi connectivity index (χ2v) is 3.33. The molecule has 5 N–H and O–H groups in total. The molecule has 9 nitrogen and oxygen atoms in total. The predicted molar refractivity (Wildman–Crippen MR) is 55.7 cm³/mol. The molecule has 88 valence electrons. The molecule has 0 aliphatic carbocycles. The summed E-state index contributed by atoms with van der Waals surface area (Å²) in [5.74, 6) is 0. The second kappa shape index (κ2) is 8.40. The first-order valence-electron chi connectivity index (χ1n) is 3.81. The normalized spacial score (nSPS) is 9.12. The summed E-state index contributed by atoms with van der Waals surface area (Å²) in [5, 5.41) is 17.5. The summed E-state index contributed by atoms with van der Waals surface area (Å²) in [4.78, 5) is 7.35. The molecule has 10 heteroatoms. The zero-order valence-electron chi connectivity index (χ0n) is 8.13. The number of nitrogens with one attached hydrogen (secondary N) is 1. The molecule has 0 bridgehead atoms. The maximum absolute atomic E-state index is 9.19. The van der Waals surface area contributed by atoms with Crippen LogP contribution < -0.4 is 10.3 Å². The van der Waals surface area contributed by atoms with Gasteiger partial charge < -0.3 is 0 Å². The molecule has 0 atom stereocenters. The SMILES string of the molecule is NS(N)(=O)=O.c1c[nH]nn1.c1cncnc1. The summed E-state index contributed by atoms with van der Waals surface area (Å²) in [6.45, 7) is 0. The van der Waals surface area contributed by atoms with Crippen molar-refractivity contribution in [1.82, 2.24) is 25.4 Å². The molecule has 0 unspecified atom stereocenters. The fourth-order valence-electron chi connectivity index (χ4n) is 0.420. The molecule has 0 spiro atoms. The van der Waals surface area contributed by atoms with Crippen molar-refractivity contribution >= 4 is 10.2 Å². The average molecular weight is 245 g/mol. The summed E-state index contributed by atoms with van der Waals surface area (Å²) in [5.41, 5.74) is 0. The van der Waals surface area contributed by atoms with E-state index in [-0.39, 0.29) is 0 Å². The molecular weight excluding hydrogens is 234 g/mol. The van der Waals surface area contributed by atoms with E-state index in [1.807, 2.05) is 0 Å². The van der Waals surface area contributed by atoms with Gasteiger partial charge in [0.05, 0.1) is 6.20 Å². The van der Waals surface area contributed by atoms with Crippen LogP contribution in [-0.4, -0.2) is 33.8 Å². The molecule has 2 aromatic heterocycles. The Hall–Kier alpha value is -1.91. The lowest BCUT2D eigenvalue weighted by atomic mass is 10.7. The van der Waals surface area contributed by atoms with Crippen LogP contribution in [0.4, 0.5) is 0 Å². The molecule has 0 saturated carbocycles. The number of nitrogens with two attached hydrogens (primary N) is 2. The highest BCUT2D eigenvalue weighted by Crippen LogP contribution is 1.66. The Kier molecular flexibility index (Phi) is 7.40. The maximum atomic E-state index is 9.19. The van der Waals surface area contributed by atoms with E-state index in [1.165, 1.54) is 6.33 Å². The van der Waals surface area contributed by atoms with Crippen molar-refractivity contribution < 1.29 is 8.42 Å². The van der Waals surface area contributed by atoms with Crippen molar-refractivity contribution in [3.05, 3.63) is 37.2 Å². The first-order valence-corrected chi connectivity index (χ1v) is 5.42. The van der Waals surface area contributed by atoms with Gasteiger partial charge in [-0.05, 0) is 6.07 Å². The molecule has 16 heavy (non-hydrogen) atoms. The van der Waals surface area contributed by atoms with Gasteiger partial charge in [-0.15, -0.1) is 5.10 Å². The minimum atomic E-state index is -3.67. The molecule has 0 fully saturated rings. The van der Waals surface area contributed by atoms with Crippen LogP contribution in [0.15, 0.2) is 37.2 Å². The van der Waals surface area contributed by atoms with Gasteiger partial charge in [0.15, 0.2) is 0 Å². The van der Waals surface area contributed by atoms with Crippen molar-refractivity contribution in [3.8, 4) is 0 Å². The second-order valence-electron chi connectivity index (χ2n) is 2.15. The van der Waals surface area contributed by atoms with Crippen molar-refractivity contribution in [1.29, 1.82) is 0 Å². The van der Waals surface area contributed by atoms with E-state index in [0.29, 0.717) is 0 Å². The van der Waals surface area contributed by atoms with E-state index in [2.05, 4.69) is 35.7 Å². The predicted octanol–water partition coefficient (Wildman–Crippen LogP) is -1.57. The van der Waals surface area contributed by atoms with Crippen LogP contribution in [-0.2, 0) is 10.2 Å². The molecular formula is C6H11N7O2S. The Labute approximate surface area is 92.1 Å². The molecule has 0 aliphatic heterocycles. The zero-order chi connectivity index (χ0) is 12.3. The van der Waals surface area contributed by atoms with Crippen LogP contribution in [0, 0.1) is 0 Å². The lowest BCUT2D eigenvalue weighted by molar-refractivity contribution is 0.599. The lowest BCUT2D eigenvalue weighted by Gasteiger charge is -1.72. The first kappa shape index (κ1) is 14.1. The Bertz CT molecular complexity index is 377. The third kappa shape index (κ3) is 18.0. The Morgan fingerprint density at radius 3 is 1.75 bits per heavy atom. The van der Waals surface area contributed by atoms with Gasteiger partial charge in [-0.2, -0.15) is 8.42 Å². The number of aromatic nitrogens is 5. The number of hydrogen-bond acceptors (Lipinski definition) is 6. The Morgan fingerprint density at radius 1 is 1.06 bits per heavy atom. The minimum Gasteiger partial charge on any atom is -0.266 e. The fraction of sp³-hybridized carbons (Fsp3) is 0. The van der Waals surface area contributed by atoms with Crippen LogP contribution in [0.1, 0.15) is 0 Å². The van der Waals surface area contributed by atoms with Crippen molar-refractivity contribution in [3.63, 3.8) is 0 Å². The highest BCUT2D eigenvalue weighted by Gasteiger charge is 1.78. The van der Waals surface area contributed by atoms with E-state index in [9.17, 15) is 8.42 Å². The monoisotopic (exact) mass is 245 g/mol. The molecule has 0 radical (unpaired) electrons. The number of hydrogen-bond donors (Lipinski definition) is 3. The fourth-order valence-corrected chi connectivity index (χ4v) is 0.420. The number of nitrogens with zero attached hydrogens (tertiary/aromatic N) is 4. The summed E-state index contributed by atoms with van der Waals surface area (Å²) in [6.07, 6.45) is 8.11. The number of rotatable bonds is 0. The lowest BCUT2D eigenvalue weighted by Crippen LogP contribution is -2.21. The standard InChI is InChI=1S/C4H4N2.C2H3N3.H4N2O2S/c1-2-5-4-6-3-1;1-2-4-5-3-1;1-5(2,3)4/h1-4H;1-2H,(H,3,4,5);(H4,1,2,3,4). The molecule has 0 amide bonds. The van der Waals surface area contributed by atoms with Crippen LogP contribution >= 0.6 is 0 Å². The quantitative estimate of drug-likeness (QED) is 0.509. The average Bonchev–Trinajstić information content (AvgIpc) is 2.75. The van der Waals surface area contributed by atoms with Gasteiger partial charge in [0, 0.05) is 18.6 Å². The Morgan fingerprint density at radius 2 is 1.62 bits per heavy atom. The molecule has 0 aromatic carbocycles. The maximum Gasteiger partial charge on any atom is 0.271 e. The molecule has 2 rings (SSSR count). The minimum absolute atomic E-state index is 1.50. The third-order valence-corrected chi connectivity index (χ3v) is 0.809. The summed E-state index contributed by atoms with van der Waals surface area (Å²) in [7, 11) is -3.67. The van der Waals surface area contributed by atoms with E-state index in [4.69, 9.17) is 0 Å². The van der Waals surface area contributed by atoms with Gasteiger partial charge in [0.25, 0.3) is 10.2 Å². The zero-order valence-corrected chi connectivity index (χ0v) is 8.95. The molecule has 0 aliphatic rings. The molecule has 0 saturated heterocycles. The molecule has 2 aromatic rings.